The molecule has 4 rings (SSSR count). The van der Waals surface area contributed by atoms with Gasteiger partial charge < -0.3 is 14.6 Å². The number of halogens is 2. The Balaban J connectivity index is 1.39. The van der Waals surface area contributed by atoms with Gasteiger partial charge in [0.1, 0.15) is 0 Å². The number of hydrogen-bond acceptors (Lipinski definition) is 3. The van der Waals surface area contributed by atoms with Crippen LogP contribution in [0.1, 0.15) is 62.5 Å². The van der Waals surface area contributed by atoms with E-state index in [1.54, 1.807) is 12.1 Å². The molecule has 1 saturated heterocycles. The van der Waals surface area contributed by atoms with Crippen LogP contribution in [-0.4, -0.2) is 24.1 Å². The number of hydrogen-bond donors (Lipinski definition) is 1. The van der Waals surface area contributed by atoms with Crippen LogP contribution in [0, 0.1) is 30.4 Å². The Morgan fingerprint density at radius 2 is 1.42 bits per heavy atom. The van der Waals surface area contributed by atoms with Gasteiger partial charge in [0, 0.05) is 18.4 Å². The first-order valence-corrected chi connectivity index (χ1v) is 9.88. The van der Waals surface area contributed by atoms with E-state index in [1.807, 2.05) is 0 Å². The van der Waals surface area contributed by atoms with E-state index >= 15 is 0 Å². The third-order valence-corrected chi connectivity index (χ3v) is 6.91. The maximum absolute atomic E-state index is 14.4. The van der Waals surface area contributed by atoms with Crippen LogP contribution in [0.25, 0.3) is 0 Å². The van der Waals surface area contributed by atoms with E-state index in [1.165, 1.54) is 6.92 Å². The molecule has 1 heterocycles. The van der Waals surface area contributed by atoms with Gasteiger partial charge in [-0.15, -0.1) is 0 Å². The van der Waals surface area contributed by atoms with Crippen LogP contribution in [0.5, 0.6) is 0 Å². The van der Waals surface area contributed by atoms with Gasteiger partial charge in [-0.1, -0.05) is 12.1 Å². The summed E-state index contributed by atoms with van der Waals surface area (Å²) < 4.78 is 39.9. The minimum Gasteiger partial charge on any atom is -0.385 e. The average molecular weight is 366 g/mol. The van der Waals surface area contributed by atoms with Crippen molar-refractivity contribution in [1.29, 1.82) is 0 Å². The van der Waals surface area contributed by atoms with Gasteiger partial charge in [-0.2, -0.15) is 0 Å². The second kappa shape index (κ2) is 6.84. The number of ether oxygens (including phenoxy) is 2. The highest BCUT2D eigenvalue weighted by atomic mass is 19.2. The summed E-state index contributed by atoms with van der Waals surface area (Å²) in [5.41, 5.74) is -0.853. The fourth-order valence-corrected chi connectivity index (χ4v) is 5.20. The van der Waals surface area contributed by atoms with E-state index < -0.39 is 17.2 Å². The lowest BCUT2D eigenvalue weighted by Crippen LogP contribution is -2.39. The van der Waals surface area contributed by atoms with Crippen molar-refractivity contribution < 1.29 is 23.4 Å². The van der Waals surface area contributed by atoms with Crippen LogP contribution in [-0.2, 0) is 15.1 Å². The highest BCUT2D eigenvalue weighted by Gasteiger charge is 2.44. The molecule has 3 aliphatic rings. The van der Waals surface area contributed by atoms with E-state index in [0.29, 0.717) is 37.9 Å². The highest BCUT2D eigenvalue weighted by molar-refractivity contribution is 5.30. The number of benzene rings is 1. The zero-order valence-corrected chi connectivity index (χ0v) is 15.4. The Labute approximate surface area is 153 Å². The zero-order valence-electron chi connectivity index (χ0n) is 15.4. The van der Waals surface area contributed by atoms with Gasteiger partial charge >= 0.3 is 0 Å². The van der Waals surface area contributed by atoms with Crippen molar-refractivity contribution in [1.82, 2.24) is 0 Å². The molecule has 0 aromatic heterocycles. The lowest BCUT2D eigenvalue weighted by molar-refractivity contribution is -0.186. The van der Waals surface area contributed by atoms with Crippen LogP contribution in [0.2, 0.25) is 0 Å². The van der Waals surface area contributed by atoms with E-state index in [-0.39, 0.29) is 16.9 Å². The predicted octanol–water partition coefficient (Wildman–Crippen LogP) is 4.58. The summed E-state index contributed by atoms with van der Waals surface area (Å²) in [6.45, 7) is 2.93. The van der Waals surface area contributed by atoms with Gasteiger partial charge in [0.15, 0.2) is 17.4 Å². The highest BCUT2D eigenvalue weighted by Crippen LogP contribution is 2.48. The second-order valence-corrected chi connectivity index (χ2v) is 8.37. The number of aliphatic hydroxyl groups is 1. The van der Waals surface area contributed by atoms with Crippen molar-refractivity contribution in [3.63, 3.8) is 0 Å². The smallest absolute Gasteiger partial charge is 0.168 e. The van der Waals surface area contributed by atoms with E-state index in [4.69, 9.17) is 9.47 Å². The molecule has 0 atom stereocenters. The molecule has 26 heavy (non-hydrogen) atoms. The molecule has 2 saturated carbocycles. The molecule has 1 N–H and O–H groups in total. The molecule has 1 aromatic rings. The Morgan fingerprint density at radius 3 is 2.00 bits per heavy atom. The Morgan fingerprint density at radius 1 is 0.885 bits per heavy atom. The topological polar surface area (TPSA) is 38.7 Å². The molecule has 0 bridgehead atoms. The van der Waals surface area contributed by atoms with Crippen LogP contribution in [0.4, 0.5) is 8.78 Å². The van der Waals surface area contributed by atoms with Crippen molar-refractivity contribution in [2.24, 2.45) is 11.8 Å². The first kappa shape index (κ1) is 18.3. The van der Waals surface area contributed by atoms with Crippen LogP contribution < -0.4 is 0 Å². The van der Waals surface area contributed by atoms with Crippen molar-refractivity contribution in [3.05, 3.63) is 34.9 Å². The molecule has 1 aromatic carbocycles. The van der Waals surface area contributed by atoms with E-state index in [2.05, 4.69) is 0 Å². The van der Waals surface area contributed by atoms with Gasteiger partial charge in [0.25, 0.3) is 0 Å². The van der Waals surface area contributed by atoms with Gasteiger partial charge in [-0.25, -0.2) is 8.78 Å². The first-order chi connectivity index (χ1) is 12.4. The molecular formula is C21H28F2O3. The summed E-state index contributed by atoms with van der Waals surface area (Å²) in [5, 5.41) is 11.0. The Bertz CT molecular complexity index is 651. The van der Waals surface area contributed by atoms with Gasteiger partial charge in [0.05, 0.1) is 18.8 Å². The molecule has 1 spiro atoms. The standard InChI is InChI=1S/C21H28F2O3/c1-14-2-3-17(19(23)18(14)22)20(24)8-4-15(5-9-20)16-6-10-21(11-7-16)25-12-13-26-21/h2-3,15-16,24H,4-13H2,1H3. The van der Waals surface area contributed by atoms with Crippen LogP contribution in [0.3, 0.4) is 0 Å². The predicted molar refractivity (Wildman–Crippen MR) is 93.5 cm³/mol. The average Bonchev–Trinajstić information content (AvgIpc) is 3.09. The molecule has 3 nitrogen and oxygen atoms in total. The first-order valence-electron chi connectivity index (χ1n) is 9.88. The summed E-state index contributed by atoms with van der Waals surface area (Å²) in [6.07, 6.45) is 6.73. The summed E-state index contributed by atoms with van der Waals surface area (Å²) >= 11 is 0. The van der Waals surface area contributed by atoms with Crippen molar-refractivity contribution in [2.75, 3.05) is 13.2 Å². The lowest BCUT2D eigenvalue weighted by atomic mass is 9.67. The number of aryl methyl sites for hydroxylation is 1. The lowest BCUT2D eigenvalue weighted by Gasteiger charge is -2.43. The third-order valence-electron chi connectivity index (χ3n) is 6.91. The molecular weight excluding hydrogens is 338 g/mol. The van der Waals surface area contributed by atoms with Crippen molar-refractivity contribution in [3.8, 4) is 0 Å². The minimum atomic E-state index is -1.25. The monoisotopic (exact) mass is 366 g/mol. The molecule has 144 valence electrons. The van der Waals surface area contributed by atoms with Gasteiger partial charge in [-0.05, 0) is 62.8 Å². The summed E-state index contributed by atoms with van der Waals surface area (Å²) in [4.78, 5) is 0. The summed E-state index contributed by atoms with van der Waals surface area (Å²) in [5.74, 6) is -0.924. The van der Waals surface area contributed by atoms with Crippen molar-refractivity contribution >= 4 is 0 Å². The summed E-state index contributed by atoms with van der Waals surface area (Å²) in [7, 11) is 0. The zero-order chi connectivity index (χ0) is 18.4. The van der Waals surface area contributed by atoms with Gasteiger partial charge in [-0.3, -0.25) is 0 Å². The fraction of sp³-hybridized carbons (Fsp3) is 0.714. The normalized spacial score (nSPS) is 32.2. The minimum absolute atomic E-state index is 0.120. The molecule has 3 fully saturated rings. The molecule has 0 amide bonds. The number of rotatable bonds is 2. The molecule has 0 radical (unpaired) electrons. The van der Waals surface area contributed by atoms with Crippen molar-refractivity contribution in [2.45, 2.75) is 69.7 Å². The fourth-order valence-electron chi connectivity index (χ4n) is 5.20. The molecule has 0 unspecified atom stereocenters. The van der Waals surface area contributed by atoms with Gasteiger partial charge in [0.2, 0.25) is 0 Å². The van der Waals surface area contributed by atoms with Crippen LogP contribution >= 0.6 is 0 Å². The Kier molecular flexibility index (Phi) is 4.82. The molecule has 5 heteroatoms. The van der Waals surface area contributed by atoms with E-state index in [0.717, 1.165) is 38.5 Å². The van der Waals surface area contributed by atoms with Crippen LogP contribution in [0.15, 0.2) is 12.1 Å². The molecule has 1 aliphatic heterocycles. The largest absolute Gasteiger partial charge is 0.385 e. The quantitative estimate of drug-likeness (QED) is 0.832. The maximum atomic E-state index is 14.4. The Hall–Kier alpha value is -1.04. The summed E-state index contributed by atoms with van der Waals surface area (Å²) in [6, 6.07) is 3.10. The van der Waals surface area contributed by atoms with E-state index in [9.17, 15) is 13.9 Å². The SMILES string of the molecule is Cc1ccc(C2(O)CCC(C3CCC4(CC3)OCCO4)CC2)c(F)c1F. The third kappa shape index (κ3) is 3.19. The molecule has 2 aliphatic carbocycles. The second-order valence-electron chi connectivity index (χ2n) is 8.37. The maximum Gasteiger partial charge on any atom is 0.168 e.